The quantitative estimate of drug-likeness (QED) is 0.577. The van der Waals surface area contributed by atoms with Crippen LogP contribution in [0.25, 0.3) is 0 Å². The lowest BCUT2D eigenvalue weighted by molar-refractivity contribution is -0.133. The van der Waals surface area contributed by atoms with Crippen molar-refractivity contribution < 1.29 is 9.90 Å². The molecule has 0 bridgehead atoms. The van der Waals surface area contributed by atoms with Crippen LogP contribution in [0.1, 0.15) is 52.4 Å². The van der Waals surface area contributed by atoms with Gasteiger partial charge < -0.3 is 5.11 Å². The summed E-state index contributed by atoms with van der Waals surface area (Å²) in [6.07, 6.45) is 8.71. The smallest absolute Gasteiger partial charge is 0.331 e. The van der Waals surface area contributed by atoms with E-state index in [0.717, 1.165) is 32.1 Å². The molecule has 0 spiro atoms. The lowest BCUT2D eigenvalue weighted by Gasteiger charge is -2.21. The highest BCUT2D eigenvalue weighted by atomic mass is 16.4. The Morgan fingerprint density at radius 1 is 1.35 bits per heavy atom. The minimum Gasteiger partial charge on any atom is -0.478 e. The van der Waals surface area contributed by atoms with Crippen LogP contribution >= 0.6 is 0 Å². The fourth-order valence-electron chi connectivity index (χ4n) is 2.42. The SMILES string of the molecule is C=C(C(=O)O)C1CC/C(C)=C/CCC(C)CC1. The highest BCUT2D eigenvalue weighted by Gasteiger charge is 2.19. The second-order valence-corrected chi connectivity index (χ2v) is 5.38. The van der Waals surface area contributed by atoms with Crippen molar-refractivity contribution in [1.82, 2.24) is 0 Å². The molecule has 2 nitrogen and oxygen atoms in total. The molecule has 1 aliphatic rings. The molecule has 0 aromatic carbocycles. The predicted octanol–water partition coefficient (Wildman–Crippen LogP) is 4.18. The van der Waals surface area contributed by atoms with Crippen molar-refractivity contribution in [1.29, 1.82) is 0 Å². The summed E-state index contributed by atoms with van der Waals surface area (Å²) in [6, 6.07) is 0. The Morgan fingerprint density at radius 3 is 2.71 bits per heavy atom. The maximum Gasteiger partial charge on any atom is 0.331 e. The first kappa shape index (κ1) is 14.0. The van der Waals surface area contributed by atoms with Crippen LogP contribution in [0.4, 0.5) is 0 Å². The molecular weight excluding hydrogens is 212 g/mol. The summed E-state index contributed by atoms with van der Waals surface area (Å²) in [5.74, 6) is -0.000935. The van der Waals surface area contributed by atoms with Crippen LogP contribution in [0.3, 0.4) is 0 Å². The molecule has 0 fully saturated rings. The zero-order chi connectivity index (χ0) is 12.8. The summed E-state index contributed by atoms with van der Waals surface area (Å²) in [5, 5.41) is 9.04. The summed E-state index contributed by atoms with van der Waals surface area (Å²) in [6.45, 7) is 8.14. The fraction of sp³-hybridized carbons (Fsp3) is 0.667. The normalized spacial score (nSPS) is 30.1. The number of allylic oxidation sites excluding steroid dienone is 2. The monoisotopic (exact) mass is 236 g/mol. The van der Waals surface area contributed by atoms with E-state index < -0.39 is 5.97 Å². The molecule has 0 heterocycles. The highest BCUT2D eigenvalue weighted by molar-refractivity contribution is 5.86. The average molecular weight is 236 g/mol. The van der Waals surface area contributed by atoms with E-state index in [1.165, 1.54) is 12.0 Å². The van der Waals surface area contributed by atoms with Crippen LogP contribution in [-0.2, 0) is 4.79 Å². The number of hydrogen-bond donors (Lipinski definition) is 1. The largest absolute Gasteiger partial charge is 0.478 e. The van der Waals surface area contributed by atoms with E-state index in [0.29, 0.717) is 11.5 Å². The summed E-state index contributed by atoms with van der Waals surface area (Å²) in [5.41, 5.74) is 1.79. The second-order valence-electron chi connectivity index (χ2n) is 5.38. The van der Waals surface area contributed by atoms with Gasteiger partial charge in [-0.3, -0.25) is 0 Å². The number of carboxylic acid groups (broad SMARTS) is 1. The van der Waals surface area contributed by atoms with Gasteiger partial charge in [0.1, 0.15) is 0 Å². The third-order valence-electron chi connectivity index (χ3n) is 3.81. The molecular formula is C15H24O2. The van der Waals surface area contributed by atoms with Crippen molar-refractivity contribution in [2.45, 2.75) is 52.4 Å². The second kappa shape index (κ2) is 6.63. The number of carboxylic acids is 1. The molecule has 96 valence electrons. The van der Waals surface area contributed by atoms with Gasteiger partial charge in [-0.05, 0) is 50.9 Å². The molecule has 2 heteroatoms. The van der Waals surface area contributed by atoms with Crippen LogP contribution in [0.5, 0.6) is 0 Å². The van der Waals surface area contributed by atoms with Gasteiger partial charge in [-0.1, -0.05) is 31.6 Å². The molecule has 1 aliphatic carbocycles. The number of rotatable bonds is 2. The van der Waals surface area contributed by atoms with E-state index in [1.807, 2.05) is 0 Å². The summed E-state index contributed by atoms with van der Waals surface area (Å²) in [7, 11) is 0. The third-order valence-corrected chi connectivity index (χ3v) is 3.81. The van der Waals surface area contributed by atoms with E-state index in [4.69, 9.17) is 5.11 Å². The summed E-state index contributed by atoms with van der Waals surface area (Å²) >= 11 is 0. The first-order chi connectivity index (χ1) is 8.00. The van der Waals surface area contributed by atoms with E-state index in [2.05, 4.69) is 26.5 Å². The molecule has 17 heavy (non-hydrogen) atoms. The van der Waals surface area contributed by atoms with Gasteiger partial charge in [-0.25, -0.2) is 4.79 Å². The Labute approximate surface area is 104 Å². The van der Waals surface area contributed by atoms with Crippen LogP contribution in [-0.4, -0.2) is 11.1 Å². The van der Waals surface area contributed by atoms with Crippen molar-refractivity contribution in [2.24, 2.45) is 11.8 Å². The Balaban J connectivity index is 2.69. The van der Waals surface area contributed by atoms with E-state index in [9.17, 15) is 4.79 Å². The van der Waals surface area contributed by atoms with Gasteiger partial charge in [0.25, 0.3) is 0 Å². The van der Waals surface area contributed by atoms with Gasteiger partial charge in [-0.2, -0.15) is 0 Å². The van der Waals surface area contributed by atoms with Gasteiger partial charge in [0.15, 0.2) is 0 Å². The molecule has 0 aromatic rings. The first-order valence-electron chi connectivity index (χ1n) is 6.58. The van der Waals surface area contributed by atoms with E-state index >= 15 is 0 Å². The Bertz CT molecular complexity index is 315. The van der Waals surface area contributed by atoms with Crippen molar-refractivity contribution >= 4 is 5.97 Å². The van der Waals surface area contributed by atoms with Crippen LogP contribution in [0.2, 0.25) is 0 Å². The highest BCUT2D eigenvalue weighted by Crippen LogP contribution is 2.28. The Morgan fingerprint density at radius 2 is 2.06 bits per heavy atom. The fourth-order valence-corrected chi connectivity index (χ4v) is 2.42. The van der Waals surface area contributed by atoms with E-state index in [1.54, 1.807) is 0 Å². The molecule has 0 amide bonds. The maximum atomic E-state index is 11.0. The Hall–Kier alpha value is -1.05. The third kappa shape index (κ3) is 4.76. The van der Waals surface area contributed by atoms with Gasteiger partial charge >= 0.3 is 5.97 Å². The molecule has 0 aliphatic heterocycles. The number of hydrogen-bond acceptors (Lipinski definition) is 1. The molecule has 1 N–H and O–H groups in total. The molecule has 0 saturated carbocycles. The van der Waals surface area contributed by atoms with Crippen LogP contribution < -0.4 is 0 Å². The minimum atomic E-state index is -0.832. The minimum absolute atomic E-state index is 0.149. The topological polar surface area (TPSA) is 37.3 Å². The van der Waals surface area contributed by atoms with Crippen LogP contribution in [0, 0.1) is 11.8 Å². The molecule has 1 rings (SSSR count). The number of aliphatic carboxylic acids is 1. The van der Waals surface area contributed by atoms with Crippen molar-refractivity contribution in [3.63, 3.8) is 0 Å². The van der Waals surface area contributed by atoms with Gasteiger partial charge in [0.2, 0.25) is 0 Å². The standard InChI is InChI=1S/C15H24O2/c1-11-5-4-6-12(2)8-10-14(9-7-11)13(3)15(16)17/h5,12,14H,3-4,6-10H2,1-2H3,(H,16,17)/b11-5+. The molecule has 2 unspecified atom stereocenters. The zero-order valence-electron chi connectivity index (χ0n) is 11.0. The average Bonchev–Trinajstić information content (AvgIpc) is 2.28. The first-order valence-corrected chi connectivity index (χ1v) is 6.58. The van der Waals surface area contributed by atoms with Gasteiger partial charge in [-0.15, -0.1) is 0 Å². The molecule has 0 radical (unpaired) electrons. The van der Waals surface area contributed by atoms with Crippen molar-refractivity contribution in [3.05, 3.63) is 23.8 Å². The van der Waals surface area contributed by atoms with Crippen molar-refractivity contribution in [3.8, 4) is 0 Å². The van der Waals surface area contributed by atoms with Gasteiger partial charge in [0, 0.05) is 5.57 Å². The zero-order valence-corrected chi connectivity index (χ0v) is 11.0. The van der Waals surface area contributed by atoms with Gasteiger partial charge in [0.05, 0.1) is 0 Å². The van der Waals surface area contributed by atoms with Crippen molar-refractivity contribution in [2.75, 3.05) is 0 Å². The predicted molar refractivity (Wildman–Crippen MR) is 70.9 cm³/mol. The molecule has 0 aromatic heterocycles. The summed E-state index contributed by atoms with van der Waals surface area (Å²) in [4.78, 5) is 11.0. The molecule has 0 saturated heterocycles. The summed E-state index contributed by atoms with van der Waals surface area (Å²) < 4.78 is 0. The lowest BCUT2D eigenvalue weighted by Crippen LogP contribution is -2.14. The maximum absolute atomic E-state index is 11.0. The number of carbonyl (C=O) groups is 1. The van der Waals surface area contributed by atoms with E-state index in [-0.39, 0.29) is 5.92 Å². The lowest BCUT2D eigenvalue weighted by atomic mass is 9.84. The van der Waals surface area contributed by atoms with Crippen LogP contribution in [0.15, 0.2) is 23.8 Å². The molecule has 2 atom stereocenters. The Kier molecular flexibility index (Phi) is 5.46.